The van der Waals surface area contributed by atoms with Crippen molar-refractivity contribution in [3.8, 4) is 11.5 Å². The molecule has 0 spiro atoms. The Labute approximate surface area is 177 Å². The van der Waals surface area contributed by atoms with Crippen LogP contribution in [0.5, 0.6) is 11.5 Å². The van der Waals surface area contributed by atoms with E-state index in [0.717, 1.165) is 11.3 Å². The van der Waals surface area contributed by atoms with Crippen molar-refractivity contribution in [1.29, 1.82) is 0 Å². The number of nitrogens with one attached hydrogen (secondary N) is 1. The summed E-state index contributed by atoms with van der Waals surface area (Å²) in [5.41, 5.74) is 1.97. The normalized spacial score (nSPS) is 11.4. The molecule has 3 rings (SSSR count). The van der Waals surface area contributed by atoms with Crippen molar-refractivity contribution < 1.29 is 27.4 Å². The minimum atomic E-state index is -2.96. The van der Waals surface area contributed by atoms with Gasteiger partial charge >= 0.3 is 6.61 Å². The van der Waals surface area contributed by atoms with E-state index < -0.39 is 6.61 Å². The van der Waals surface area contributed by atoms with Crippen LogP contribution in [0.15, 0.2) is 42.5 Å². The van der Waals surface area contributed by atoms with E-state index in [1.54, 1.807) is 25.1 Å². The van der Waals surface area contributed by atoms with Crippen molar-refractivity contribution in [3.63, 3.8) is 0 Å². The number of halogens is 3. The van der Waals surface area contributed by atoms with Gasteiger partial charge in [0, 0.05) is 32.2 Å². The minimum Gasteiger partial charge on any atom is -0.490 e. The number of carbonyl (C=O) groups is 1. The number of aromatic nitrogens is 2. The number of alkyl halides is 2. The first-order chi connectivity index (χ1) is 14.9. The highest BCUT2D eigenvalue weighted by atomic mass is 19.3. The molecule has 0 saturated carbocycles. The standard InChI is InChI=1S/C22H22F3N3O3/c1-3-30-19-12-14(4-8-18(19)31-22(24)25)5-9-21(29)26-11-10-20-27-16-13-15(23)6-7-17(16)28(20)2/h4-9,12-13,22H,3,10-11H2,1-2H3,(H,26,29)/b9-5+. The number of benzene rings is 2. The fourth-order valence-corrected chi connectivity index (χ4v) is 3.06. The van der Waals surface area contributed by atoms with E-state index in [4.69, 9.17) is 4.74 Å². The van der Waals surface area contributed by atoms with Gasteiger partial charge in [0.05, 0.1) is 17.6 Å². The molecule has 1 aromatic heterocycles. The topological polar surface area (TPSA) is 65.4 Å². The Balaban J connectivity index is 1.58. The number of hydrogen-bond acceptors (Lipinski definition) is 4. The van der Waals surface area contributed by atoms with E-state index in [2.05, 4.69) is 15.0 Å². The lowest BCUT2D eigenvalue weighted by Gasteiger charge is -2.11. The second kappa shape index (κ2) is 10.0. The second-order valence-electron chi connectivity index (χ2n) is 6.61. The first-order valence-electron chi connectivity index (χ1n) is 9.65. The summed E-state index contributed by atoms with van der Waals surface area (Å²) in [5.74, 6) is 0.151. The molecule has 0 radical (unpaired) electrons. The lowest BCUT2D eigenvalue weighted by molar-refractivity contribution is -0.116. The highest BCUT2D eigenvalue weighted by molar-refractivity contribution is 5.91. The van der Waals surface area contributed by atoms with Crippen molar-refractivity contribution in [1.82, 2.24) is 14.9 Å². The highest BCUT2D eigenvalue weighted by Crippen LogP contribution is 2.30. The van der Waals surface area contributed by atoms with Gasteiger partial charge in [-0.1, -0.05) is 6.07 Å². The number of fused-ring (bicyclic) bond motifs is 1. The van der Waals surface area contributed by atoms with Crippen molar-refractivity contribution in [2.75, 3.05) is 13.2 Å². The molecular weight excluding hydrogens is 411 g/mol. The van der Waals surface area contributed by atoms with Gasteiger partial charge in [-0.05, 0) is 42.8 Å². The van der Waals surface area contributed by atoms with Crippen LogP contribution in [0.2, 0.25) is 0 Å². The number of amides is 1. The largest absolute Gasteiger partial charge is 0.490 e. The van der Waals surface area contributed by atoms with Gasteiger partial charge in [-0.25, -0.2) is 9.37 Å². The molecule has 0 aliphatic heterocycles. The Hall–Kier alpha value is -3.49. The third kappa shape index (κ3) is 5.78. The number of aryl methyl sites for hydroxylation is 1. The van der Waals surface area contributed by atoms with E-state index >= 15 is 0 Å². The number of hydrogen-bond donors (Lipinski definition) is 1. The van der Waals surface area contributed by atoms with Crippen molar-refractivity contribution >= 4 is 23.0 Å². The summed E-state index contributed by atoms with van der Waals surface area (Å²) in [4.78, 5) is 16.5. The van der Waals surface area contributed by atoms with Crippen molar-refractivity contribution in [2.24, 2.45) is 7.05 Å². The average Bonchev–Trinajstić information content (AvgIpc) is 3.02. The van der Waals surface area contributed by atoms with Crippen LogP contribution in [0.4, 0.5) is 13.2 Å². The molecule has 3 aromatic rings. The van der Waals surface area contributed by atoms with Gasteiger partial charge in [-0.2, -0.15) is 8.78 Å². The average molecular weight is 433 g/mol. The molecule has 1 heterocycles. The Bertz CT molecular complexity index is 1100. The molecule has 0 atom stereocenters. The number of ether oxygens (including phenoxy) is 2. The summed E-state index contributed by atoms with van der Waals surface area (Å²) in [5, 5.41) is 2.75. The van der Waals surface area contributed by atoms with E-state index in [1.807, 2.05) is 11.6 Å². The van der Waals surface area contributed by atoms with Gasteiger partial charge in [-0.15, -0.1) is 0 Å². The highest BCUT2D eigenvalue weighted by Gasteiger charge is 2.11. The summed E-state index contributed by atoms with van der Waals surface area (Å²) in [6.45, 7) is -0.610. The van der Waals surface area contributed by atoms with Gasteiger partial charge < -0.3 is 19.4 Å². The predicted molar refractivity (Wildman–Crippen MR) is 111 cm³/mol. The van der Waals surface area contributed by atoms with Crippen LogP contribution in [0, 0.1) is 5.82 Å². The smallest absolute Gasteiger partial charge is 0.387 e. The zero-order chi connectivity index (χ0) is 22.4. The third-order valence-corrected chi connectivity index (χ3v) is 4.49. The quantitative estimate of drug-likeness (QED) is 0.517. The number of nitrogens with zero attached hydrogens (tertiary/aromatic N) is 2. The molecule has 6 nitrogen and oxygen atoms in total. The summed E-state index contributed by atoms with van der Waals surface area (Å²) in [6.07, 6.45) is 3.35. The first kappa shape index (κ1) is 22.2. The number of carbonyl (C=O) groups excluding carboxylic acids is 1. The van der Waals surface area contributed by atoms with Crippen LogP contribution in [0.1, 0.15) is 18.3 Å². The first-order valence-corrected chi connectivity index (χ1v) is 9.65. The van der Waals surface area contributed by atoms with Crippen molar-refractivity contribution in [3.05, 3.63) is 59.7 Å². The van der Waals surface area contributed by atoms with E-state index in [0.29, 0.717) is 24.0 Å². The Kier molecular flexibility index (Phi) is 7.17. The van der Waals surface area contributed by atoms with Crippen LogP contribution in [0.25, 0.3) is 17.1 Å². The van der Waals surface area contributed by atoms with E-state index in [9.17, 15) is 18.0 Å². The van der Waals surface area contributed by atoms with Gasteiger partial charge in [0.1, 0.15) is 11.6 Å². The molecular formula is C22H22F3N3O3. The summed E-state index contributed by atoms with van der Waals surface area (Å²) in [6, 6.07) is 8.84. The molecule has 1 N–H and O–H groups in total. The van der Waals surface area contributed by atoms with Crippen LogP contribution < -0.4 is 14.8 Å². The Morgan fingerprint density at radius 1 is 1.23 bits per heavy atom. The summed E-state index contributed by atoms with van der Waals surface area (Å²) in [7, 11) is 1.83. The lowest BCUT2D eigenvalue weighted by atomic mass is 10.2. The molecule has 0 unspecified atom stereocenters. The monoisotopic (exact) mass is 433 g/mol. The zero-order valence-electron chi connectivity index (χ0n) is 17.1. The van der Waals surface area contributed by atoms with Crippen LogP contribution in [-0.2, 0) is 18.3 Å². The predicted octanol–water partition coefficient (Wildman–Crippen LogP) is 4.08. The van der Waals surface area contributed by atoms with Gasteiger partial charge in [0.2, 0.25) is 5.91 Å². The number of imidazole rings is 1. The third-order valence-electron chi connectivity index (χ3n) is 4.49. The molecule has 0 saturated heterocycles. The molecule has 9 heteroatoms. The van der Waals surface area contributed by atoms with Crippen LogP contribution in [-0.4, -0.2) is 35.2 Å². The molecule has 1 amide bonds. The SMILES string of the molecule is CCOc1cc(/C=C/C(=O)NCCc2nc3cc(F)ccc3n2C)ccc1OC(F)F. The van der Waals surface area contributed by atoms with Crippen LogP contribution in [0.3, 0.4) is 0 Å². The maximum atomic E-state index is 13.3. The molecule has 0 aliphatic rings. The lowest BCUT2D eigenvalue weighted by Crippen LogP contribution is -2.24. The van der Waals surface area contributed by atoms with E-state index in [1.165, 1.54) is 30.3 Å². The fourth-order valence-electron chi connectivity index (χ4n) is 3.06. The van der Waals surface area contributed by atoms with Crippen molar-refractivity contribution in [2.45, 2.75) is 20.0 Å². The maximum absolute atomic E-state index is 13.3. The number of rotatable bonds is 9. The summed E-state index contributed by atoms with van der Waals surface area (Å²) >= 11 is 0. The second-order valence-corrected chi connectivity index (χ2v) is 6.61. The molecule has 31 heavy (non-hydrogen) atoms. The zero-order valence-corrected chi connectivity index (χ0v) is 17.1. The van der Waals surface area contributed by atoms with E-state index in [-0.39, 0.29) is 29.8 Å². The molecule has 2 aromatic carbocycles. The fraction of sp³-hybridized carbons (Fsp3) is 0.273. The minimum absolute atomic E-state index is 0.0687. The molecule has 0 bridgehead atoms. The Morgan fingerprint density at radius 3 is 2.77 bits per heavy atom. The van der Waals surface area contributed by atoms with Gasteiger partial charge in [0.15, 0.2) is 11.5 Å². The van der Waals surface area contributed by atoms with Crippen LogP contribution >= 0.6 is 0 Å². The molecule has 0 aliphatic carbocycles. The molecule has 164 valence electrons. The van der Waals surface area contributed by atoms with Gasteiger partial charge in [-0.3, -0.25) is 4.79 Å². The molecule has 0 fully saturated rings. The van der Waals surface area contributed by atoms with Gasteiger partial charge in [0.25, 0.3) is 0 Å². The summed E-state index contributed by atoms with van der Waals surface area (Å²) < 4.78 is 49.9. The maximum Gasteiger partial charge on any atom is 0.387 e. The Morgan fingerprint density at radius 2 is 2.03 bits per heavy atom.